The lowest BCUT2D eigenvalue weighted by Gasteiger charge is -2.28. The van der Waals surface area contributed by atoms with E-state index in [1.54, 1.807) is 20.8 Å². The Morgan fingerprint density at radius 3 is 2.50 bits per heavy atom. The molecule has 1 saturated heterocycles. The van der Waals surface area contributed by atoms with Crippen molar-refractivity contribution in [3.63, 3.8) is 0 Å². The highest BCUT2D eigenvalue weighted by molar-refractivity contribution is 5.69. The molecule has 0 aliphatic carbocycles. The Balaban J connectivity index is 2.15. The molecule has 1 atom stereocenters. The summed E-state index contributed by atoms with van der Waals surface area (Å²) in [5, 5.41) is 0. The van der Waals surface area contributed by atoms with Crippen LogP contribution in [0.4, 0.5) is 18.0 Å². The maximum absolute atomic E-state index is 12.6. The number of pyridine rings is 1. The first kappa shape index (κ1) is 16.6. The molecule has 1 fully saturated rings. The molecule has 7 heteroatoms. The number of carbonyl (C=O) groups is 1. The number of likely N-dealkylation sites (tertiary alicyclic amines) is 1. The number of aromatic nitrogens is 1. The average molecular weight is 316 g/mol. The second-order valence-corrected chi connectivity index (χ2v) is 6.30. The highest BCUT2D eigenvalue weighted by atomic mass is 19.4. The molecule has 0 bridgehead atoms. The van der Waals surface area contributed by atoms with E-state index < -0.39 is 23.4 Å². The smallest absolute Gasteiger partial charge is 0.417 e. The van der Waals surface area contributed by atoms with Crippen LogP contribution in [0.25, 0.3) is 0 Å². The number of nitrogens with zero attached hydrogens (tertiary/aromatic N) is 2. The van der Waals surface area contributed by atoms with Gasteiger partial charge in [0.15, 0.2) is 0 Å². The fourth-order valence-corrected chi connectivity index (χ4v) is 2.38. The SMILES string of the molecule is CC(C)(C)OC(=O)N1CCC[C@@H]1c1ccc(C(F)(F)F)cn1. The monoisotopic (exact) mass is 316 g/mol. The fraction of sp³-hybridized carbons (Fsp3) is 0.600. The highest BCUT2D eigenvalue weighted by Crippen LogP contribution is 2.34. The molecule has 1 amide bonds. The summed E-state index contributed by atoms with van der Waals surface area (Å²) in [5.74, 6) is 0. The van der Waals surface area contributed by atoms with Gasteiger partial charge in [-0.2, -0.15) is 13.2 Å². The zero-order valence-corrected chi connectivity index (χ0v) is 12.8. The standard InChI is InChI=1S/C15H19F3N2O2/c1-14(2,3)22-13(21)20-8-4-5-12(20)11-7-6-10(9-19-11)15(16,17)18/h6-7,9,12H,4-5,8H2,1-3H3/t12-/m1/s1. The number of rotatable bonds is 1. The maximum atomic E-state index is 12.6. The minimum absolute atomic E-state index is 0.336. The third-order valence-corrected chi connectivity index (χ3v) is 3.34. The normalized spacial score (nSPS) is 19.4. The number of halogens is 3. The minimum atomic E-state index is -4.41. The Hall–Kier alpha value is -1.79. The van der Waals surface area contributed by atoms with Crippen LogP contribution in [0.1, 0.15) is 50.9 Å². The molecule has 0 spiro atoms. The summed E-state index contributed by atoms with van der Waals surface area (Å²) >= 11 is 0. The van der Waals surface area contributed by atoms with E-state index in [-0.39, 0.29) is 6.04 Å². The third kappa shape index (κ3) is 3.90. The van der Waals surface area contributed by atoms with E-state index in [1.807, 2.05) is 0 Å². The minimum Gasteiger partial charge on any atom is -0.444 e. The summed E-state index contributed by atoms with van der Waals surface area (Å²) in [6, 6.07) is 1.99. The van der Waals surface area contributed by atoms with Gasteiger partial charge in [-0.3, -0.25) is 9.88 Å². The van der Waals surface area contributed by atoms with Gasteiger partial charge in [0.1, 0.15) is 5.60 Å². The van der Waals surface area contributed by atoms with Gasteiger partial charge in [0.2, 0.25) is 0 Å². The second-order valence-electron chi connectivity index (χ2n) is 6.30. The van der Waals surface area contributed by atoms with E-state index in [9.17, 15) is 18.0 Å². The van der Waals surface area contributed by atoms with Gasteiger partial charge in [-0.25, -0.2) is 4.79 Å². The van der Waals surface area contributed by atoms with Crippen LogP contribution in [0.5, 0.6) is 0 Å². The van der Waals surface area contributed by atoms with Crippen molar-refractivity contribution in [3.05, 3.63) is 29.6 Å². The quantitative estimate of drug-likeness (QED) is 0.781. The molecule has 0 saturated carbocycles. The first-order valence-corrected chi connectivity index (χ1v) is 7.11. The van der Waals surface area contributed by atoms with Gasteiger partial charge < -0.3 is 4.74 Å². The zero-order chi connectivity index (χ0) is 16.5. The predicted molar refractivity (Wildman–Crippen MR) is 74.2 cm³/mol. The van der Waals surface area contributed by atoms with E-state index >= 15 is 0 Å². The number of alkyl halides is 3. The van der Waals surface area contributed by atoms with Crippen LogP contribution in [0.2, 0.25) is 0 Å². The highest BCUT2D eigenvalue weighted by Gasteiger charge is 2.35. The van der Waals surface area contributed by atoms with Gasteiger partial charge in [0.05, 0.1) is 17.3 Å². The topological polar surface area (TPSA) is 42.4 Å². The maximum Gasteiger partial charge on any atom is 0.417 e. The second kappa shape index (κ2) is 5.78. The van der Waals surface area contributed by atoms with Crippen LogP contribution < -0.4 is 0 Å². The van der Waals surface area contributed by atoms with Crippen molar-refractivity contribution in [2.24, 2.45) is 0 Å². The molecule has 4 nitrogen and oxygen atoms in total. The van der Waals surface area contributed by atoms with Gasteiger partial charge in [-0.15, -0.1) is 0 Å². The number of carbonyl (C=O) groups excluding carboxylic acids is 1. The predicted octanol–water partition coefficient (Wildman–Crippen LogP) is 4.17. The molecule has 2 rings (SSSR count). The molecule has 1 aromatic rings. The average Bonchev–Trinajstić information content (AvgIpc) is 2.85. The van der Waals surface area contributed by atoms with Crippen molar-refractivity contribution in [1.82, 2.24) is 9.88 Å². The van der Waals surface area contributed by atoms with Crippen LogP contribution in [0, 0.1) is 0 Å². The van der Waals surface area contributed by atoms with Gasteiger partial charge in [0.25, 0.3) is 0 Å². The van der Waals surface area contributed by atoms with Gasteiger partial charge in [-0.1, -0.05) is 0 Å². The Morgan fingerprint density at radius 1 is 1.32 bits per heavy atom. The summed E-state index contributed by atoms with van der Waals surface area (Å²) in [6.07, 6.45) is -2.63. The Kier molecular flexibility index (Phi) is 4.35. The van der Waals surface area contributed by atoms with Crippen molar-refractivity contribution < 1.29 is 22.7 Å². The first-order valence-electron chi connectivity index (χ1n) is 7.11. The van der Waals surface area contributed by atoms with Crippen LogP contribution >= 0.6 is 0 Å². The van der Waals surface area contributed by atoms with Crippen molar-refractivity contribution in [1.29, 1.82) is 0 Å². The number of ether oxygens (including phenoxy) is 1. The van der Waals surface area contributed by atoms with E-state index in [0.29, 0.717) is 18.7 Å². The van der Waals surface area contributed by atoms with Crippen LogP contribution in [0.3, 0.4) is 0 Å². The van der Waals surface area contributed by atoms with Gasteiger partial charge in [-0.05, 0) is 45.7 Å². The molecule has 1 aliphatic heterocycles. The summed E-state index contributed by atoms with van der Waals surface area (Å²) in [7, 11) is 0. The van der Waals surface area contributed by atoms with E-state index in [1.165, 1.54) is 11.0 Å². The first-order chi connectivity index (χ1) is 10.1. The fourth-order valence-electron chi connectivity index (χ4n) is 2.38. The van der Waals surface area contributed by atoms with Gasteiger partial charge in [0, 0.05) is 12.7 Å². The van der Waals surface area contributed by atoms with Crippen LogP contribution in [-0.4, -0.2) is 28.1 Å². The Labute approximate surface area is 127 Å². The van der Waals surface area contributed by atoms with Crippen molar-refractivity contribution in [2.75, 3.05) is 6.54 Å². The van der Waals surface area contributed by atoms with Crippen LogP contribution in [-0.2, 0) is 10.9 Å². The molecule has 0 unspecified atom stereocenters. The molecular weight excluding hydrogens is 297 g/mol. The van der Waals surface area contributed by atoms with E-state index in [0.717, 1.165) is 18.7 Å². The lowest BCUT2D eigenvalue weighted by Crippen LogP contribution is -2.36. The van der Waals surface area contributed by atoms with Crippen LogP contribution in [0.15, 0.2) is 18.3 Å². The summed E-state index contributed by atoms with van der Waals surface area (Å²) in [4.78, 5) is 17.6. The molecule has 22 heavy (non-hydrogen) atoms. The molecule has 0 N–H and O–H groups in total. The van der Waals surface area contributed by atoms with Gasteiger partial charge >= 0.3 is 12.3 Å². The molecular formula is C15H19F3N2O2. The van der Waals surface area contributed by atoms with Crippen molar-refractivity contribution >= 4 is 6.09 Å². The molecule has 2 heterocycles. The Bertz CT molecular complexity index is 535. The largest absolute Gasteiger partial charge is 0.444 e. The zero-order valence-electron chi connectivity index (χ0n) is 12.8. The van der Waals surface area contributed by atoms with Crippen molar-refractivity contribution in [3.8, 4) is 0 Å². The number of hydrogen-bond acceptors (Lipinski definition) is 3. The molecule has 1 aliphatic rings. The third-order valence-electron chi connectivity index (χ3n) is 3.34. The van der Waals surface area contributed by atoms with E-state index in [2.05, 4.69) is 4.98 Å². The summed E-state index contributed by atoms with van der Waals surface area (Å²) < 4.78 is 43.0. The number of hydrogen-bond donors (Lipinski definition) is 0. The summed E-state index contributed by atoms with van der Waals surface area (Å²) in [5.41, 5.74) is -0.952. The van der Waals surface area contributed by atoms with E-state index in [4.69, 9.17) is 4.74 Å². The summed E-state index contributed by atoms with van der Waals surface area (Å²) in [6.45, 7) is 5.83. The molecule has 0 aromatic carbocycles. The number of amides is 1. The lowest BCUT2D eigenvalue weighted by atomic mass is 10.1. The van der Waals surface area contributed by atoms with Crippen molar-refractivity contribution in [2.45, 2.75) is 51.4 Å². The molecule has 1 aromatic heterocycles. The lowest BCUT2D eigenvalue weighted by molar-refractivity contribution is -0.137. The molecule has 122 valence electrons. The molecule has 0 radical (unpaired) electrons. The Morgan fingerprint density at radius 2 is 2.00 bits per heavy atom.